The summed E-state index contributed by atoms with van der Waals surface area (Å²) in [5.41, 5.74) is 3.90. The Bertz CT molecular complexity index is 560. The second-order valence-corrected chi connectivity index (χ2v) is 6.77. The van der Waals surface area contributed by atoms with Gasteiger partial charge in [-0.25, -0.2) is 4.99 Å². The van der Waals surface area contributed by atoms with Crippen molar-refractivity contribution in [2.24, 2.45) is 10.9 Å². The van der Waals surface area contributed by atoms with Crippen LogP contribution >= 0.6 is 0 Å². The van der Waals surface area contributed by atoms with Gasteiger partial charge < -0.3 is 19.7 Å². The van der Waals surface area contributed by atoms with Gasteiger partial charge in [0.15, 0.2) is 5.96 Å². The molecule has 1 atom stereocenters. The molecule has 1 aliphatic rings. The summed E-state index contributed by atoms with van der Waals surface area (Å²) in [6.45, 7) is 12.2. The minimum Gasteiger partial charge on any atom is -0.382 e. The van der Waals surface area contributed by atoms with E-state index in [-0.39, 0.29) is 0 Å². The van der Waals surface area contributed by atoms with Crippen LogP contribution < -0.4 is 5.32 Å². The average Bonchev–Trinajstić information content (AvgIpc) is 3.05. The predicted octanol–water partition coefficient (Wildman–Crippen LogP) is 2.75. The third-order valence-corrected chi connectivity index (χ3v) is 4.60. The molecule has 1 aromatic rings. The second-order valence-electron chi connectivity index (χ2n) is 6.77. The van der Waals surface area contributed by atoms with Crippen molar-refractivity contribution in [3.63, 3.8) is 0 Å². The number of aryl methyl sites for hydroxylation is 2. The fourth-order valence-corrected chi connectivity index (χ4v) is 3.16. The van der Waals surface area contributed by atoms with Crippen LogP contribution in [0, 0.1) is 19.8 Å². The zero-order valence-electron chi connectivity index (χ0n) is 16.2. The van der Waals surface area contributed by atoms with Crippen LogP contribution in [0.4, 0.5) is 0 Å². The smallest absolute Gasteiger partial charge is 0.194 e. The van der Waals surface area contributed by atoms with E-state index in [0.717, 1.165) is 45.2 Å². The lowest BCUT2D eigenvalue weighted by Crippen LogP contribution is -2.40. The molecule has 1 saturated heterocycles. The zero-order chi connectivity index (χ0) is 18.1. The number of guanidine groups is 1. The quantitative estimate of drug-likeness (QED) is 0.446. The Morgan fingerprint density at radius 3 is 2.88 bits per heavy atom. The van der Waals surface area contributed by atoms with Crippen LogP contribution in [-0.2, 0) is 16.0 Å². The van der Waals surface area contributed by atoms with Crippen molar-refractivity contribution in [2.45, 2.75) is 33.7 Å². The van der Waals surface area contributed by atoms with Gasteiger partial charge in [0.2, 0.25) is 0 Å². The van der Waals surface area contributed by atoms with Gasteiger partial charge in [-0.3, -0.25) is 0 Å². The van der Waals surface area contributed by atoms with Crippen LogP contribution in [-0.4, -0.2) is 57.4 Å². The van der Waals surface area contributed by atoms with E-state index >= 15 is 0 Å². The van der Waals surface area contributed by atoms with Crippen molar-refractivity contribution in [3.05, 3.63) is 34.9 Å². The van der Waals surface area contributed by atoms with E-state index < -0.39 is 0 Å². The van der Waals surface area contributed by atoms with Crippen LogP contribution in [0.25, 0.3) is 0 Å². The molecular formula is C20H33N3O2. The minimum absolute atomic E-state index is 0.571. The molecule has 1 aromatic carbocycles. The van der Waals surface area contributed by atoms with E-state index in [1.165, 1.54) is 16.7 Å². The van der Waals surface area contributed by atoms with Gasteiger partial charge >= 0.3 is 0 Å². The standard InChI is InChI=1S/C20H33N3O2/c1-5-21-20(22-13-19-7-6-16(2)12-17(19)3)23-9-8-18(14-23)15-25-11-10-24-4/h6-7,12,18H,5,8-11,13-15H2,1-4H3,(H,21,22). The highest BCUT2D eigenvalue weighted by molar-refractivity contribution is 5.80. The number of aliphatic imine (C=N–C) groups is 1. The Morgan fingerprint density at radius 1 is 1.32 bits per heavy atom. The SMILES string of the molecule is CCNC(=NCc1ccc(C)cc1C)N1CCC(COCCOC)C1. The molecule has 5 heteroatoms. The molecule has 0 saturated carbocycles. The summed E-state index contributed by atoms with van der Waals surface area (Å²) < 4.78 is 10.7. The summed E-state index contributed by atoms with van der Waals surface area (Å²) >= 11 is 0. The van der Waals surface area contributed by atoms with E-state index in [4.69, 9.17) is 14.5 Å². The fourth-order valence-electron chi connectivity index (χ4n) is 3.16. The molecule has 0 aliphatic carbocycles. The summed E-state index contributed by atoms with van der Waals surface area (Å²) in [6, 6.07) is 6.57. The zero-order valence-corrected chi connectivity index (χ0v) is 16.2. The highest BCUT2D eigenvalue weighted by Crippen LogP contribution is 2.17. The maximum atomic E-state index is 5.69. The molecule has 1 fully saturated rings. The lowest BCUT2D eigenvalue weighted by Gasteiger charge is -2.22. The molecule has 0 bridgehead atoms. The van der Waals surface area contributed by atoms with E-state index in [0.29, 0.717) is 19.1 Å². The third-order valence-electron chi connectivity index (χ3n) is 4.60. The molecule has 1 heterocycles. The lowest BCUT2D eigenvalue weighted by atomic mass is 10.1. The van der Waals surface area contributed by atoms with Crippen LogP contribution in [0.1, 0.15) is 30.0 Å². The molecule has 1 N–H and O–H groups in total. The first-order valence-corrected chi connectivity index (χ1v) is 9.30. The van der Waals surface area contributed by atoms with E-state index in [1.54, 1.807) is 7.11 Å². The van der Waals surface area contributed by atoms with Gasteiger partial charge in [-0.05, 0) is 38.3 Å². The van der Waals surface area contributed by atoms with E-state index in [9.17, 15) is 0 Å². The van der Waals surface area contributed by atoms with Crippen molar-refractivity contribution in [1.82, 2.24) is 10.2 Å². The third kappa shape index (κ3) is 6.33. The van der Waals surface area contributed by atoms with Crippen LogP contribution in [0.2, 0.25) is 0 Å². The fraction of sp³-hybridized carbons (Fsp3) is 0.650. The van der Waals surface area contributed by atoms with Gasteiger partial charge in [0, 0.05) is 32.7 Å². The average molecular weight is 348 g/mol. The topological polar surface area (TPSA) is 46.1 Å². The number of methoxy groups -OCH3 is 1. The monoisotopic (exact) mass is 347 g/mol. The largest absolute Gasteiger partial charge is 0.382 e. The number of nitrogens with one attached hydrogen (secondary N) is 1. The van der Waals surface area contributed by atoms with Crippen molar-refractivity contribution >= 4 is 5.96 Å². The Morgan fingerprint density at radius 2 is 2.16 bits per heavy atom. The lowest BCUT2D eigenvalue weighted by molar-refractivity contribution is 0.0536. The summed E-state index contributed by atoms with van der Waals surface area (Å²) in [5, 5.41) is 3.44. The predicted molar refractivity (Wildman–Crippen MR) is 103 cm³/mol. The maximum absolute atomic E-state index is 5.69. The molecule has 0 spiro atoms. The molecule has 0 amide bonds. The van der Waals surface area contributed by atoms with Gasteiger partial charge in [0.1, 0.15) is 0 Å². The van der Waals surface area contributed by atoms with Gasteiger partial charge in [0.05, 0.1) is 26.4 Å². The Hall–Kier alpha value is -1.59. The number of likely N-dealkylation sites (tertiary alicyclic amines) is 1. The van der Waals surface area contributed by atoms with Crippen LogP contribution in [0.15, 0.2) is 23.2 Å². The molecule has 1 unspecified atom stereocenters. The van der Waals surface area contributed by atoms with E-state index in [1.807, 2.05) is 0 Å². The number of benzene rings is 1. The number of ether oxygens (including phenoxy) is 2. The molecular weight excluding hydrogens is 314 g/mol. The number of rotatable bonds is 8. The summed E-state index contributed by atoms with van der Waals surface area (Å²) in [5.74, 6) is 1.59. The molecule has 140 valence electrons. The van der Waals surface area contributed by atoms with Crippen LogP contribution in [0.3, 0.4) is 0 Å². The highest BCUT2D eigenvalue weighted by atomic mass is 16.5. The van der Waals surface area contributed by atoms with Gasteiger partial charge in [-0.1, -0.05) is 23.8 Å². The first-order valence-electron chi connectivity index (χ1n) is 9.30. The summed E-state index contributed by atoms with van der Waals surface area (Å²) in [6.07, 6.45) is 1.15. The molecule has 25 heavy (non-hydrogen) atoms. The van der Waals surface area contributed by atoms with Crippen LogP contribution in [0.5, 0.6) is 0 Å². The van der Waals surface area contributed by atoms with Crippen molar-refractivity contribution in [2.75, 3.05) is 46.6 Å². The molecule has 1 aliphatic heterocycles. The summed E-state index contributed by atoms with van der Waals surface area (Å²) in [4.78, 5) is 7.23. The van der Waals surface area contributed by atoms with Crippen molar-refractivity contribution in [3.8, 4) is 0 Å². The Balaban J connectivity index is 1.91. The van der Waals surface area contributed by atoms with Gasteiger partial charge in [-0.15, -0.1) is 0 Å². The first kappa shape index (κ1) is 19.7. The number of hydrogen-bond acceptors (Lipinski definition) is 3. The molecule has 5 nitrogen and oxygen atoms in total. The highest BCUT2D eigenvalue weighted by Gasteiger charge is 2.24. The van der Waals surface area contributed by atoms with E-state index in [2.05, 4.69) is 49.2 Å². The maximum Gasteiger partial charge on any atom is 0.194 e. The minimum atomic E-state index is 0.571. The molecule has 2 rings (SSSR count). The number of nitrogens with zero attached hydrogens (tertiary/aromatic N) is 2. The summed E-state index contributed by atoms with van der Waals surface area (Å²) in [7, 11) is 1.70. The van der Waals surface area contributed by atoms with Crippen molar-refractivity contribution in [1.29, 1.82) is 0 Å². The van der Waals surface area contributed by atoms with Crippen molar-refractivity contribution < 1.29 is 9.47 Å². The molecule has 0 aromatic heterocycles. The first-order chi connectivity index (χ1) is 12.1. The number of hydrogen-bond donors (Lipinski definition) is 1. The molecule has 0 radical (unpaired) electrons. The van der Waals surface area contributed by atoms with Gasteiger partial charge in [-0.2, -0.15) is 0 Å². The normalized spacial score (nSPS) is 18.0. The Labute approximate surface area is 152 Å². The second kappa shape index (κ2) is 10.4. The Kier molecular flexibility index (Phi) is 8.22. The van der Waals surface area contributed by atoms with Gasteiger partial charge in [0.25, 0.3) is 0 Å².